The lowest BCUT2D eigenvalue weighted by Gasteiger charge is -2.22. The molecule has 0 bridgehead atoms. The molecule has 0 fully saturated rings. The Balaban J connectivity index is 0.00000484. The van der Waals surface area contributed by atoms with Crippen LogP contribution in [0.3, 0.4) is 0 Å². The fourth-order valence-electron chi connectivity index (χ4n) is 2.01. The molecular formula is C15H26BrIN4O2. The van der Waals surface area contributed by atoms with Crippen LogP contribution in [0.4, 0.5) is 0 Å². The van der Waals surface area contributed by atoms with Gasteiger partial charge in [0.2, 0.25) is 0 Å². The first kappa shape index (κ1) is 22.2. The average Bonchev–Trinajstić information content (AvgIpc) is 2.79. The van der Waals surface area contributed by atoms with Gasteiger partial charge in [-0.1, -0.05) is 6.92 Å². The zero-order valence-electron chi connectivity index (χ0n) is 14.3. The smallest absolute Gasteiger partial charge is 0.310 e. The number of aromatic nitrogens is 1. The SMILES string of the molecule is CCNC(=NCC(C)C(=O)OC)N(C)Cc1cc(Br)cn1C.I. The Morgan fingerprint density at radius 1 is 1.57 bits per heavy atom. The van der Waals surface area contributed by atoms with Crippen LogP contribution in [0, 0.1) is 5.92 Å². The maximum absolute atomic E-state index is 11.5. The number of hydrogen-bond acceptors (Lipinski definition) is 3. The van der Waals surface area contributed by atoms with Gasteiger partial charge in [-0.15, -0.1) is 24.0 Å². The molecule has 1 aromatic heterocycles. The normalized spacial score (nSPS) is 12.3. The van der Waals surface area contributed by atoms with Gasteiger partial charge in [0, 0.05) is 37.0 Å². The summed E-state index contributed by atoms with van der Waals surface area (Å²) in [5.41, 5.74) is 1.17. The number of esters is 1. The Bertz CT molecular complexity index is 534. The van der Waals surface area contributed by atoms with Gasteiger partial charge in [0.15, 0.2) is 5.96 Å². The fourth-order valence-corrected chi connectivity index (χ4v) is 2.58. The van der Waals surface area contributed by atoms with Crippen molar-refractivity contribution in [1.29, 1.82) is 0 Å². The Labute approximate surface area is 163 Å². The number of ether oxygens (including phenoxy) is 1. The van der Waals surface area contributed by atoms with Crippen LogP contribution < -0.4 is 5.32 Å². The maximum atomic E-state index is 11.5. The molecule has 0 saturated carbocycles. The third-order valence-electron chi connectivity index (χ3n) is 3.29. The van der Waals surface area contributed by atoms with Crippen molar-refractivity contribution in [2.75, 3.05) is 27.2 Å². The molecule has 132 valence electrons. The summed E-state index contributed by atoms with van der Waals surface area (Å²) in [4.78, 5) is 18.0. The minimum atomic E-state index is -0.253. The molecule has 0 radical (unpaired) electrons. The summed E-state index contributed by atoms with van der Waals surface area (Å²) in [6.45, 7) is 5.72. The van der Waals surface area contributed by atoms with Gasteiger partial charge in [-0.25, -0.2) is 0 Å². The summed E-state index contributed by atoms with van der Waals surface area (Å²) in [6, 6.07) is 2.08. The first-order valence-corrected chi connectivity index (χ1v) is 8.06. The quantitative estimate of drug-likeness (QED) is 0.282. The van der Waals surface area contributed by atoms with Gasteiger partial charge in [0.1, 0.15) is 0 Å². The monoisotopic (exact) mass is 500 g/mol. The summed E-state index contributed by atoms with van der Waals surface area (Å²) in [7, 11) is 5.38. The highest BCUT2D eigenvalue weighted by atomic mass is 127. The van der Waals surface area contributed by atoms with Crippen LogP contribution in [0.15, 0.2) is 21.7 Å². The molecule has 0 amide bonds. The van der Waals surface area contributed by atoms with Crippen LogP contribution in [0.2, 0.25) is 0 Å². The molecule has 1 unspecified atom stereocenters. The molecule has 1 rings (SSSR count). The van der Waals surface area contributed by atoms with Crippen LogP contribution >= 0.6 is 39.9 Å². The molecule has 0 saturated heterocycles. The van der Waals surface area contributed by atoms with Crippen molar-refractivity contribution in [2.45, 2.75) is 20.4 Å². The molecular weight excluding hydrogens is 475 g/mol. The number of methoxy groups -OCH3 is 1. The lowest BCUT2D eigenvalue weighted by molar-refractivity contribution is -0.144. The zero-order chi connectivity index (χ0) is 16.7. The lowest BCUT2D eigenvalue weighted by atomic mass is 10.2. The Morgan fingerprint density at radius 3 is 2.70 bits per heavy atom. The molecule has 23 heavy (non-hydrogen) atoms. The van der Waals surface area contributed by atoms with Crippen molar-refractivity contribution in [1.82, 2.24) is 14.8 Å². The zero-order valence-corrected chi connectivity index (χ0v) is 18.2. The number of carbonyl (C=O) groups excluding carboxylic acids is 1. The molecule has 0 aliphatic rings. The topological polar surface area (TPSA) is 58.9 Å². The number of aryl methyl sites for hydroxylation is 1. The third-order valence-corrected chi connectivity index (χ3v) is 3.72. The van der Waals surface area contributed by atoms with Crippen molar-refractivity contribution >= 4 is 51.8 Å². The van der Waals surface area contributed by atoms with E-state index in [1.807, 2.05) is 39.0 Å². The van der Waals surface area contributed by atoms with Crippen LogP contribution in [-0.2, 0) is 23.1 Å². The Hall–Kier alpha value is -0.770. The number of carbonyl (C=O) groups is 1. The summed E-state index contributed by atoms with van der Waals surface area (Å²) < 4.78 is 7.85. The van der Waals surface area contributed by atoms with E-state index in [2.05, 4.69) is 36.9 Å². The fraction of sp³-hybridized carbons (Fsp3) is 0.600. The summed E-state index contributed by atoms with van der Waals surface area (Å²) in [5, 5.41) is 3.24. The summed E-state index contributed by atoms with van der Waals surface area (Å²) >= 11 is 3.48. The van der Waals surface area contributed by atoms with E-state index < -0.39 is 0 Å². The number of guanidine groups is 1. The second kappa shape index (κ2) is 10.9. The van der Waals surface area contributed by atoms with Gasteiger partial charge in [0.05, 0.1) is 26.1 Å². The number of hydrogen-bond donors (Lipinski definition) is 1. The minimum Gasteiger partial charge on any atom is -0.469 e. The molecule has 1 heterocycles. The standard InChI is InChI=1S/C15H25BrN4O2.HI/c1-6-17-15(18-8-11(2)14(21)22-5)20(4)10-13-7-12(16)9-19(13)3;/h7,9,11H,6,8,10H2,1-5H3,(H,17,18);1H. The molecule has 8 heteroatoms. The number of nitrogens with one attached hydrogen (secondary N) is 1. The molecule has 0 aliphatic carbocycles. The molecule has 0 aromatic carbocycles. The molecule has 1 atom stereocenters. The molecule has 0 spiro atoms. The second-order valence-corrected chi connectivity index (χ2v) is 6.15. The van der Waals surface area contributed by atoms with Crippen LogP contribution in [0.25, 0.3) is 0 Å². The molecule has 6 nitrogen and oxygen atoms in total. The molecule has 0 aliphatic heterocycles. The predicted molar refractivity (Wildman–Crippen MR) is 107 cm³/mol. The number of halogens is 2. The lowest BCUT2D eigenvalue weighted by Crippen LogP contribution is -2.39. The first-order valence-electron chi connectivity index (χ1n) is 7.27. The van der Waals surface area contributed by atoms with E-state index in [1.165, 1.54) is 12.8 Å². The highest BCUT2D eigenvalue weighted by Gasteiger charge is 2.14. The van der Waals surface area contributed by atoms with E-state index in [9.17, 15) is 4.79 Å². The van der Waals surface area contributed by atoms with Gasteiger partial charge in [-0.2, -0.15) is 0 Å². The number of rotatable bonds is 6. The van der Waals surface area contributed by atoms with E-state index in [1.54, 1.807) is 0 Å². The van der Waals surface area contributed by atoms with Gasteiger partial charge >= 0.3 is 5.97 Å². The first-order chi connectivity index (χ1) is 10.4. The van der Waals surface area contributed by atoms with E-state index in [4.69, 9.17) is 4.74 Å². The summed E-state index contributed by atoms with van der Waals surface area (Å²) in [5.74, 6) is 0.278. The minimum absolute atomic E-state index is 0. The van der Waals surface area contributed by atoms with Gasteiger partial charge < -0.3 is 19.5 Å². The van der Waals surface area contributed by atoms with E-state index in [0.717, 1.165) is 23.5 Å². The molecule has 1 aromatic rings. The van der Waals surface area contributed by atoms with Crippen LogP contribution in [0.5, 0.6) is 0 Å². The highest BCUT2D eigenvalue weighted by Crippen LogP contribution is 2.15. The third kappa shape index (κ3) is 7.11. The average molecular weight is 501 g/mol. The Kier molecular flexibility index (Phi) is 10.5. The van der Waals surface area contributed by atoms with Gasteiger partial charge in [0.25, 0.3) is 0 Å². The predicted octanol–water partition coefficient (Wildman–Crippen LogP) is 2.61. The van der Waals surface area contributed by atoms with Crippen LogP contribution in [0.1, 0.15) is 19.5 Å². The van der Waals surface area contributed by atoms with E-state index in [-0.39, 0.29) is 35.9 Å². The summed E-state index contributed by atoms with van der Waals surface area (Å²) in [6.07, 6.45) is 2.02. The maximum Gasteiger partial charge on any atom is 0.310 e. The van der Waals surface area contributed by atoms with Crippen molar-refractivity contribution < 1.29 is 9.53 Å². The second-order valence-electron chi connectivity index (χ2n) is 5.24. The largest absolute Gasteiger partial charge is 0.469 e. The Morgan fingerprint density at radius 2 is 2.22 bits per heavy atom. The highest BCUT2D eigenvalue weighted by molar-refractivity contribution is 14.0. The van der Waals surface area contributed by atoms with Gasteiger partial charge in [-0.05, 0) is 28.9 Å². The van der Waals surface area contributed by atoms with Crippen molar-refractivity contribution in [2.24, 2.45) is 18.0 Å². The van der Waals surface area contributed by atoms with Crippen molar-refractivity contribution in [3.05, 3.63) is 22.4 Å². The van der Waals surface area contributed by atoms with E-state index in [0.29, 0.717) is 6.54 Å². The number of aliphatic imine (C=N–C) groups is 1. The van der Waals surface area contributed by atoms with E-state index >= 15 is 0 Å². The number of nitrogens with zero attached hydrogens (tertiary/aromatic N) is 3. The van der Waals surface area contributed by atoms with Crippen molar-refractivity contribution in [3.8, 4) is 0 Å². The van der Waals surface area contributed by atoms with Crippen LogP contribution in [-0.4, -0.2) is 48.6 Å². The molecule has 1 N–H and O–H groups in total. The van der Waals surface area contributed by atoms with Crippen molar-refractivity contribution in [3.63, 3.8) is 0 Å². The van der Waals surface area contributed by atoms with Gasteiger partial charge in [-0.3, -0.25) is 9.79 Å².